The number of hydrogen-bond acceptors (Lipinski definition) is 5. The number of benzene rings is 3. The molecule has 0 aromatic heterocycles. The predicted molar refractivity (Wildman–Crippen MR) is 166 cm³/mol. The van der Waals surface area contributed by atoms with Crippen molar-refractivity contribution in [2.24, 2.45) is 0 Å². The molecule has 4 rings (SSSR count). The Morgan fingerprint density at radius 3 is 2.35 bits per heavy atom. The fraction of sp³-hybridized carbons (Fsp3) is 0.375. The molecule has 0 heterocycles. The van der Waals surface area contributed by atoms with Crippen LogP contribution in [0.25, 0.3) is 0 Å². The second kappa shape index (κ2) is 14.7. The number of hydrogen-bond donors (Lipinski definition) is 1. The summed E-state index contributed by atoms with van der Waals surface area (Å²) in [5, 5.41) is 2.89. The van der Waals surface area contributed by atoms with Crippen LogP contribution in [-0.2, 0) is 32.6 Å². The first-order valence-corrected chi connectivity index (χ1v) is 16.5. The molecule has 1 unspecified atom stereocenters. The average molecular weight is 630 g/mol. The molecular weight excluding hydrogens is 593 g/mol. The highest BCUT2D eigenvalue weighted by Crippen LogP contribution is 2.26. The number of methoxy groups -OCH3 is 1. The van der Waals surface area contributed by atoms with Gasteiger partial charge in [-0.05, 0) is 54.3 Å². The summed E-state index contributed by atoms with van der Waals surface area (Å²) in [5.74, 6) is -1.04. The van der Waals surface area contributed by atoms with Crippen molar-refractivity contribution in [2.45, 2.75) is 57.2 Å². The van der Waals surface area contributed by atoms with E-state index in [2.05, 4.69) is 5.32 Å². The van der Waals surface area contributed by atoms with Gasteiger partial charge in [0.15, 0.2) is 0 Å². The first kappa shape index (κ1) is 32.3. The van der Waals surface area contributed by atoms with Crippen molar-refractivity contribution in [3.63, 3.8) is 0 Å². The number of halogens is 2. The minimum atomic E-state index is -4.00. The van der Waals surface area contributed by atoms with E-state index in [0.717, 1.165) is 60.4 Å². The maximum atomic E-state index is 14.2. The lowest BCUT2D eigenvalue weighted by Crippen LogP contribution is -2.55. The molecule has 1 aliphatic carbocycles. The Hall–Kier alpha value is -3.63. The third kappa shape index (κ3) is 8.93. The second-order valence-electron chi connectivity index (χ2n) is 10.8. The summed E-state index contributed by atoms with van der Waals surface area (Å²) in [5.41, 5.74) is 1.59. The van der Waals surface area contributed by atoms with Gasteiger partial charge >= 0.3 is 0 Å². The first-order chi connectivity index (χ1) is 20.5. The van der Waals surface area contributed by atoms with Gasteiger partial charge in [0.1, 0.15) is 24.2 Å². The Morgan fingerprint density at radius 1 is 1.00 bits per heavy atom. The minimum absolute atomic E-state index is 0.00201. The molecule has 0 bridgehead atoms. The standard InChI is InChI=1S/C32H37ClFN3O5S/c1-42-27-15-9-12-24(18-27)21-36(31(38)22-37(43(2,40)41)26-16-17-29(34)28(33)20-26)30(19-23-10-5-3-6-11-23)32(39)35-25-13-7-4-8-14-25/h3,5-6,9-12,15-18,20,25,30H,4,7-8,13-14,19,21-22H2,1-2H3,(H,35,39). The summed E-state index contributed by atoms with van der Waals surface area (Å²) in [6.45, 7) is -0.597. The van der Waals surface area contributed by atoms with Gasteiger partial charge in [0.25, 0.3) is 0 Å². The molecule has 8 nitrogen and oxygen atoms in total. The summed E-state index contributed by atoms with van der Waals surface area (Å²) in [4.78, 5) is 29.6. The van der Waals surface area contributed by atoms with E-state index in [4.69, 9.17) is 16.3 Å². The van der Waals surface area contributed by atoms with Gasteiger partial charge in [-0.1, -0.05) is 73.3 Å². The van der Waals surface area contributed by atoms with Crippen molar-refractivity contribution in [3.8, 4) is 5.75 Å². The normalized spacial score (nSPS) is 14.5. The number of rotatable bonds is 12. The SMILES string of the molecule is COc1cccc(CN(C(=O)CN(c2ccc(F)c(Cl)c2)S(C)(=O)=O)C(Cc2ccccc2)C(=O)NC2CCCCC2)c1. The average Bonchev–Trinajstić information content (AvgIpc) is 2.99. The van der Waals surface area contributed by atoms with Gasteiger partial charge < -0.3 is 15.0 Å². The van der Waals surface area contributed by atoms with E-state index in [1.54, 1.807) is 18.2 Å². The Kier molecular flexibility index (Phi) is 11.0. The highest BCUT2D eigenvalue weighted by Gasteiger charge is 2.34. The minimum Gasteiger partial charge on any atom is -0.497 e. The molecular formula is C32H37ClFN3O5S. The summed E-state index contributed by atoms with van der Waals surface area (Å²) in [6.07, 6.45) is 6.06. The Morgan fingerprint density at radius 2 is 1.70 bits per heavy atom. The zero-order valence-corrected chi connectivity index (χ0v) is 25.9. The predicted octanol–water partition coefficient (Wildman–Crippen LogP) is 5.34. The van der Waals surface area contributed by atoms with Crippen molar-refractivity contribution < 1.29 is 27.1 Å². The molecule has 1 fully saturated rings. The molecule has 1 aliphatic rings. The molecule has 11 heteroatoms. The summed E-state index contributed by atoms with van der Waals surface area (Å²) < 4.78 is 46.0. The number of nitrogens with zero attached hydrogens (tertiary/aromatic N) is 2. The van der Waals surface area contributed by atoms with Gasteiger partial charge in [-0.25, -0.2) is 12.8 Å². The van der Waals surface area contributed by atoms with E-state index in [1.807, 2.05) is 36.4 Å². The van der Waals surface area contributed by atoms with Crippen LogP contribution in [0.3, 0.4) is 0 Å². The molecule has 0 aliphatic heterocycles. The Bertz CT molecular complexity index is 1520. The number of carbonyl (C=O) groups excluding carboxylic acids is 2. The second-order valence-corrected chi connectivity index (χ2v) is 13.1. The van der Waals surface area contributed by atoms with E-state index in [9.17, 15) is 22.4 Å². The third-order valence-corrected chi connectivity index (χ3v) is 9.01. The van der Waals surface area contributed by atoms with Crippen LogP contribution in [0.15, 0.2) is 72.8 Å². The fourth-order valence-electron chi connectivity index (χ4n) is 5.32. The largest absolute Gasteiger partial charge is 0.497 e. The van der Waals surface area contributed by atoms with Crippen LogP contribution in [0.4, 0.5) is 10.1 Å². The molecule has 0 spiro atoms. The van der Waals surface area contributed by atoms with Crippen LogP contribution in [0.2, 0.25) is 5.02 Å². The Balaban J connectivity index is 1.74. The third-order valence-electron chi connectivity index (χ3n) is 7.58. The maximum absolute atomic E-state index is 14.2. The topological polar surface area (TPSA) is 96.0 Å². The molecule has 3 aromatic rings. The monoisotopic (exact) mass is 629 g/mol. The number of carbonyl (C=O) groups is 2. The summed E-state index contributed by atoms with van der Waals surface area (Å²) in [7, 11) is -2.47. The van der Waals surface area contributed by atoms with E-state index < -0.39 is 34.3 Å². The summed E-state index contributed by atoms with van der Waals surface area (Å²) >= 11 is 5.96. The lowest BCUT2D eigenvalue weighted by Gasteiger charge is -2.35. The molecule has 0 radical (unpaired) electrons. The van der Waals surface area contributed by atoms with Crippen LogP contribution >= 0.6 is 11.6 Å². The van der Waals surface area contributed by atoms with Gasteiger partial charge in [-0.3, -0.25) is 13.9 Å². The van der Waals surface area contributed by atoms with Crippen molar-refractivity contribution in [2.75, 3.05) is 24.2 Å². The van der Waals surface area contributed by atoms with Crippen LogP contribution in [0, 0.1) is 5.82 Å². The van der Waals surface area contributed by atoms with Crippen LogP contribution < -0.4 is 14.4 Å². The zero-order valence-electron chi connectivity index (χ0n) is 24.3. The number of amides is 2. The molecule has 43 heavy (non-hydrogen) atoms. The number of ether oxygens (including phenoxy) is 1. The quantitative estimate of drug-likeness (QED) is 0.292. The van der Waals surface area contributed by atoms with E-state index in [0.29, 0.717) is 11.3 Å². The lowest BCUT2D eigenvalue weighted by molar-refractivity contribution is -0.140. The fourth-order valence-corrected chi connectivity index (χ4v) is 6.34. The number of anilines is 1. The molecule has 1 atom stereocenters. The van der Waals surface area contributed by atoms with Crippen molar-refractivity contribution in [1.29, 1.82) is 0 Å². The first-order valence-electron chi connectivity index (χ1n) is 14.2. The van der Waals surface area contributed by atoms with E-state index in [-0.39, 0.29) is 35.6 Å². The van der Waals surface area contributed by atoms with Gasteiger partial charge in [-0.15, -0.1) is 0 Å². The highest BCUT2D eigenvalue weighted by molar-refractivity contribution is 7.92. The smallest absolute Gasteiger partial charge is 0.244 e. The Labute approximate surface area is 257 Å². The molecule has 1 saturated carbocycles. The summed E-state index contributed by atoms with van der Waals surface area (Å²) in [6, 6.07) is 19.0. The number of nitrogens with one attached hydrogen (secondary N) is 1. The van der Waals surface area contributed by atoms with E-state index >= 15 is 0 Å². The van der Waals surface area contributed by atoms with Gasteiger partial charge in [0.2, 0.25) is 21.8 Å². The van der Waals surface area contributed by atoms with Gasteiger partial charge in [0, 0.05) is 19.0 Å². The highest BCUT2D eigenvalue weighted by atomic mass is 35.5. The molecule has 0 saturated heterocycles. The van der Waals surface area contributed by atoms with Crippen LogP contribution in [0.5, 0.6) is 5.75 Å². The molecule has 230 valence electrons. The van der Waals surface area contributed by atoms with Crippen molar-refractivity contribution in [1.82, 2.24) is 10.2 Å². The lowest BCUT2D eigenvalue weighted by atomic mass is 9.94. The van der Waals surface area contributed by atoms with Gasteiger partial charge in [-0.2, -0.15) is 0 Å². The van der Waals surface area contributed by atoms with Crippen molar-refractivity contribution in [3.05, 3.63) is 94.8 Å². The van der Waals surface area contributed by atoms with Crippen LogP contribution in [-0.4, -0.2) is 57.1 Å². The molecule has 1 N–H and O–H groups in total. The maximum Gasteiger partial charge on any atom is 0.244 e. The molecule has 2 amide bonds. The zero-order chi connectivity index (χ0) is 31.0. The number of sulfonamides is 1. The van der Waals surface area contributed by atoms with Gasteiger partial charge in [0.05, 0.1) is 24.1 Å². The molecule has 3 aromatic carbocycles. The van der Waals surface area contributed by atoms with Crippen molar-refractivity contribution >= 4 is 39.1 Å². The van der Waals surface area contributed by atoms with Crippen LogP contribution in [0.1, 0.15) is 43.2 Å². The van der Waals surface area contributed by atoms with E-state index in [1.165, 1.54) is 18.1 Å².